The summed E-state index contributed by atoms with van der Waals surface area (Å²) in [5.41, 5.74) is 0.617. The molecule has 2 aromatic carbocycles. The number of allylic oxidation sites excluding steroid dienone is 1. The highest BCUT2D eigenvalue weighted by atomic mass is 19.2. The SMILES string of the molecule is O=C(CCOCCOCCC(Oc1c(F)c(F)c(F)c(F)c1F)=C1CCC1)Oc1c(F)c(F)c(F)c(F)c1F. The second-order valence-electron chi connectivity index (χ2n) is 7.98. The van der Waals surface area contributed by atoms with Gasteiger partial charge in [0.15, 0.2) is 0 Å². The Morgan fingerprint density at radius 2 is 0.897 bits per heavy atom. The predicted molar refractivity (Wildman–Crippen MR) is 110 cm³/mol. The second kappa shape index (κ2) is 13.2. The Balaban J connectivity index is 1.42. The van der Waals surface area contributed by atoms with E-state index in [-0.39, 0.29) is 38.6 Å². The summed E-state index contributed by atoms with van der Waals surface area (Å²) in [6.07, 6.45) is 1.03. The van der Waals surface area contributed by atoms with E-state index < -0.39 is 82.1 Å². The average Bonchev–Trinajstić information content (AvgIpc) is 2.89. The zero-order valence-corrected chi connectivity index (χ0v) is 19.7. The third-order valence-electron chi connectivity index (χ3n) is 5.43. The fraction of sp³-hybridized carbons (Fsp3) is 0.375. The van der Waals surface area contributed by atoms with Gasteiger partial charge in [-0.15, -0.1) is 0 Å². The molecule has 1 fully saturated rings. The third-order valence-corrected chi connectivity index (χ3v) is 5.43. The summed E-state index contributed by atoms with van der Waals surface area (Å²) in [6.45, 7) is -0.728. The van der Waals surface area contributed by atoms with Crippen LogP contribution in [0, 0.1) is 58.2 Å². The van der Waals surface area contributed by atoms with Crippen molar-refractivity contribution in [1.29, 1.82) is 0 Å². The molecule has 0 amide bonds. The molecule has 0 heterocycles. The van der Waals surface area contributed by atoms with Gasteiger partial charge in [-0.2, -0.15) is 17.6 Å². The first kappa shape index (κ1) is 30.2. The summed E-state index contributed by atoms with van der Waals surface area (Å²) < 4.78 is 154. The van der Waals surface area contributed by atoms with Gasteiger partial charge in [0, 0.05) is 6.42 Å². The molecule has 0 spiro atoms. The molecular weight excluding hydrogens is 558 g/mol. The Hall–Kier alpha value is -3.33. The number of carbonyl (C=O) groups excluding carboxylic acids is 1. The molecule has 1 saturated carbocycles. The number of esters is 1. The van der Waals surface area contributed by atoms with Gasteiger partial charge in [0.1, 0.15) is 5.76 Å². The smallest absolute Gasteiger partial charge is 0.313 e. The van der Waals surface area contributed by atoms with Crippen LogP contribution in [-0.4, -0.2) is 32.4 Å². The highest BCUT2D eigenvalue weighted by Crippen LogP contribution is 2.35. The van der Waals surface area contributed by atoms with Crippen LogP contribution in [-0.2, 0) is 14.3 Å². The van der Waals surface area contributed by atoms with Crippen LogP contribution in [0.1, 0.15) is 32.1 Å². The number of benzene rings is 2. The molecule has 0 bridgehead atoms. The third kappa shape index (κ3) is 6.82. The first-order chi connectivity index (χ1) is 18.5. The molecule has 0 unspecified atom stereocenters. The quantitative estimate of drug-likeness (QED) is 0.0564. The lowest BCUT2D eigenvalue weighted by Gasteiger charge is -2.23. The van der Waals surface area contributed by atoms with Crippen LogP contribution in [0.4, 0.5) is 43.9 Å². The molecule has 5 nitrogen and oxygen atoms in total. The summed E-state index contributed by atoms with van der Waals surface area (Å²) in [5.74, 6) is -27.0. The van der Waals surface area contributed by atoms with Gasteiger partial charge in [-0.1, -0.05) is 0 Å². The van der Waals surface area contributed by atoms with E-state index in [9.17, 15) is 48.7 Å². The van der Waals surface area contributed by atoms with E-state index >= 15 is 0 Å². The second-order valence-corrected chi connectivity index (χ2v) is 7.98. The fourth-order valence-electron chi connectivity index (χ4n) is 3.21. The summed E-state index contributed by atoms with van der Waals surface area (Å²) in [7, 11) is 0. The first-order valence-corrected chi connectivity index (χ1v) is 11.2. The number of hydrogen-bond donors (Lipinski definition) is 0. The van der Waals surface area contributed by atoms with Crippen molar-refractivity contribution < 1.29 is 67.6 Å². The average molecular weight is 576 g/mol. The molecule has 0 radical (unpaired) electrons. The fourth-order valence-corrected chi connectivity index (χ4v) is 3.21. The molecule has 2 aromatic rings. The van der Waals surface area contributed by atoms with Gasteiger partial charge in [-0.3, -0.25) is 4.79 Å². The number of ether oxygens (including phenoxy) is 4. The summed E-state index contributed by atoms with van der Waals surface area (Å²) >= 11 is 0. The van der Waals surface area contributed by atoms with E-state index in [1.165, 1.54) is 0 Å². The van der Waals surface area contributed by atoms with E-state index in [2.05, 4.69) is 4.74 Å². The highest BCUT2D eigenvalue weighted by Gasteiger charge is 2.30. The van der Waals surface area contributed by atoms with Crippen molar-refractivity contribution in [2.75, 3.05) is 26.4 Å². The van der Waals surface area contributed by atoms with Gasteiger partial charge in [-0.25, -0.2) is 26.3 Å². The number of rotatable bonds is 12. The van der Waals surface area contributed by atoms with E-state index in [0.29, 0.717) is 18.4 Å². The molecule has 15 heteroatoms. The molecule has 0 aliphatic heterocycles. The summed E-state index contributed by atoms with van der Waals surface area (Å²) in [4.78, 5) is 11.6. The summed E-state index contributed by atoms with van der Waals surface area (Å²) in [6, 6.07) is 0. The molecule has 39 heavy (non-hydrogen) atoms. The van der Waals surface area contributed by atoms with Crippen molar-refractivity contribution in [2.45, 2.75) is 32.1 Å². The van der Waals surface area contributed by atoms with Crippen LogP contribution in [0.3, 0.4) is 0 Å². The summed E-state index contributed by atoms with van der Waals surface area (Å²) in [5, 5.41) is 0. The minimum atomic E-state index is -2.41. The van der Waals surface area contributed by atoms with Gasteiger partial charge in [-0.05, 0) is 24.8 Å². The zero-order chi connectivity index (χ0) is 28.9. The number of halogens is 10. The molecule has 3 rings (SSSR count). The maximum Gasteiger partial charge on any atom is 0.313 e. The van der Waals surface area contributed by atoms with Gasteiger partial charge < -0.3 is 18.9 Å². The van der Waals surface area contributed by atoms with E-state index in [1.54, 1.807) is 0 Å². The number of carbonyl (C=O) groups is 1. The Morgan fingerprint density at radius 1 is 0.513 bits per heavy atom. The molecule has 1 aliphatic carbocycles. The monoisotopic (exact) mass is 576 g/mol. The van der Waals surface area contributed by atoms with Gasteiger partial charge in [0.25, 0.3) is 0 Å². The molecular formula is C24H18F10O5. The molecule has 0 aromatic heterocycles. The van der Waals surface area contributed by atoms with E-state index in [0.717, 1.165) is 6.42 Å². The maximum absolute atomic E-state index is 13.9. The van der Waals surface area contributed by atoms with Crippen molar-refractivity contribution in [3.63, 3.8) is 0 Å². The molecule has 0 N–H and O–H groups in total. The predicted octanol–water partition coefficient (Wildman–Crippen LogP) is 6.31. The van der Waals surface area contributed by atoms with Crippen LogP contribution >= 0.6 is 0 Å². The van der Waals surface area contributed by atoms with E-state index in [4.69, 9.17) is 14.2 Å². The minimum absolute atomic E-state index is 0.0127. The Kier molecular flexibility index (Phi) is 10.2. The molecule has 0 atom stereocenters. The standard InChI is InChI=1S/C24H18F10O5/c25-13-15(27)19(31)23(20(32)16(13)28)38-11(10-2-1-3-10)4-6-36-8-9-37-7-5-12(35)39-24-21(33)17(29)14(26)18(30)22(24)34/h1-9H2. The zero-order valence-electron chi connectivity index (χ0n) is 19.7. The van der Waals surface area contributed by atoms with E-state index in [1.807, 2.05) is 0 Å². The van der Waals surface area contributed by atoms with Crippen molar-refractivity contribution in [3.05, 3.63) is 69.5 Å². The lowest BCUT2D eigenvalue weighted by molar-refractivity contribution is -0.136. The van der Waals surface area contributed by atoms with Crippen LogP contribution in [0.15, 0.2) is 11.3 Å². The first-order valence-electron chi connectivity index (χ1n) is 11.2. The van der Waals surface area contributed by atoms with Crippen molar-refractivity contribution in [2.24, 2.45) is 0 Å². The highest BCUT2D eigenvalue weighted by molar-refractivity contribution is 5.72. The minimum Gasteiger partial charge on any atom is -0.455 e. The lowest BCUT2D eigenvalue weighted by atomic mass is 9.90. The Bertz CT molecular complexity index is 1220. The largest absolute Gasteiger partial charge is 0.455 e. The molecule has 214 valence electrons. The normalized spacial score (nSPS) is 12.9. The van der Waals surface area contributed by atoms with Gasteiger partial charge in [0.05, 0.1) is 32.8 Å². The van der Waals surface area contributed by atoms with Crippen molar-refractivity contribution in [3.8, 4) is 11.5 Å². The Labute approximate surface area is 213 Å². The van der Waals surface area contributed by atoms with Crippen LogP contribution in [0.5, 0.6) is 11.5 Å². The van der Waals surface area contributed by atoms with Gasteiger partial charge in [0.2, 0.25) is 69.7 Å². The lowest BCUT2D eigenvalue weighted by Crippen LogP contribution is -2.16. The maximum atomic E-state index is 13.9. The topological polar surface area (TPSA) is 54.0 Å². The molecule has 0 saturated heterocycles. The van der Waals surface area contributed by atoms with Gasteiger partial charge >= 0.3 is 5.97 Å². The van der Waals surface area contributed by atoms with Crippen molar-refractivity contribution in [1.82, 2.24) is 0 Å². The number of hydrogen-bond acceptors (Lipinski definition) is 5. The van der Waals surface area contributed by atoms with Crippen molar-refractivity contribution >= 4 is 5.97 Å². The van der Waals surface area contributed by atoms with Crippen LogP contribution in [0.2, 0.25) is 0 Å². The van der Waals surface area contributed by atoms with Crippen LogP contribution in [0.25, 0.3) is 0 Å². The molecule has 1 aliphatic rings. The Morgan fingerprint density at radius 3 is 1.31 bits per heavy atom. The van der Waals surface area contributed by atoms with Crippen LogP contribution < -0.4 is 9.47 Å².